The van der Waals surface area contributed by atoms with E-state index in [1.807, 2.05) is 0 Å². The minimum absolute atomic E-state index is 0. The summed E-state index contributed by atoms with van der Waals surface area (Å²) in [4.78, 5) is 20.9. The van der Waals surface area contributed by atoms with Crippen molar-refractivity contribution in [2.45, 2.75) is 46.0 Å². The number of carboxylic acid groups (broad SMARTS) is 2. The van der Waals surface area contributed by atoms with Crippen LogP contribution in [-0.2, 0) is 9.59 Å². The first-order valence-corrected chi connectivity index (χ1v) is 4.81. The predicted molar refractivity (Wildman–Crippen MR) is 66.6 cm³/mol. The molecule has 0 unspecified atom stereocenters. The molecule has 0 saturated carbocycles. The van der Waals surface area contributed by atoms with Crippen molar-refractivity contribution < 1.29 is 19.8 Å². The summed E-state index contributed by atoms with van der Waals surface area (Å²) in [5, 5.41) is 17.2. The molecule has 0 bridgehead atoms. The number of unbranched alkanes of at least 4 members (excludes halogenated alkanes) is 2. The van der Waals surface area contributed by atoms with Gasteiger partial charge < -0.3 is 10.2 Å². The normalized spacial score (nSPS) is 9.88. The van der Waals surface area contributed by atoms with Crippen LogP contribution in [0.25, 0.3) is 0 Å². The number of carboxylic acids is 2. The van der Waals surface area contributed by atoms with E-state index >= 15 is 0 Å². The van der Waals surface area contributed by atoms with Crippen LogP contribution in [0.2, 0.25) is 0 Å². The summed E-state index contributed by atoms with van der Waals surface area (Å²) in [5.74, 6) is -1.58. The van der Waals surface area contributed by atoms with Gasteiger partial charge in [-0.15, -0.1) is 24.8 Å². The van der Waals surface area contributed by atoms with Crippen LogP contribution in [0.4, 0.5) is 0 Å². The summed E-state index contributed by atoms with van der Waals surface area (Å²) >= 11 is 0. The zero-order chi connectivity index (χ0) is 11.2. The molecular formula is C10H20Cl2O4. The Kier molecular flexibility index (Phi) is 12.7. The molecule has 0 atom stereocenters. The van der Waals surface area contributed by atoms with E-state index in [0.717, 1.165) is 12.8 Å². The van der Waals surface area contributed by atoms with Gasteiger partial charge in [0.1, 0.15) is 0 Å². The molecule has 0 amide bonds. The maximum absolute atomic E-state index is 10.7. The molecule has 0 aromatic rings. The van der Waals surface area contributed by atoms with Gasteiger partial charge in [0.05, 0.1) is 5.41 Å². The van der Waals surface area contributed by atoms with Crippen molar-refractivity contribution in [3.05, 3.63) is 0 Å². The van der Waals surface area contributed by atoms with Gasteiger partial charge in [-0.25, -0.2) is 0 Å². The fourth-order valence-corrected chi connectivity index (χ4v) is 1.13. The monoisotopic (exact) mass is 274 g/mol. The predicted octanol–water partition coefficient (Wildman–Crippen LogP) is 2.98. The highest BCUT2D eigenvalue weighted by Crippen LogP contribution is 2.23. The molecule has 0 aromatic carbocycles. The molecule has 0 aliphatic carbocycles. The molecule has 0 heterocycles. The van der Waals surface area contributed by atoms with Crippen LogP contribution >= 0.6 is 24.8 Å². The smallest absolute Gasteiger partial charge is 0.309 e. The quantitative estimate of drug-likeness (QED) is 0.700. The third kappa shape index (κ3) is 10.1. The van der Waals surface area contributed by atoms with Gasteiger partial charge in [-0.05, 0) is 26.7 Å². The van der Waals surface area contributed by atoms with Gasteiger partial charge in [0, 0.05) is 6.42 Å². The van der Waals surface area contributed by atoms with Crippen LogP contribution < -0.4 is 0 Å². The second-order valence-electron chi connectivity index (χ2n) is 4.14. The van der Waals surface area contributed by atoms with Gasteiger partial charge in [-0.3, -0.25) is 9.59 Å². The van der Waals surface area contributed by atoms with Crippen molar-refractivity contribution in [2.75, 3.05) is 0 Å². The van der Waals surface area contributed by atoms with E-state index in [-0.39, 0.29) is 31.2 Å². The Morgan fingerprint density at radius 3 is 1.88 bits per heavy atom. The van der Waals surface area contributed by atoms with Crippen molar-refractivity contribution in [3.63, 3.8) is 0 Å². The number of hydrogen-bond acceptors (Lipinski definition) is 2. The van der Waals surface area contributed by atoms with Crippen molar-refractivity contribution >= 4 is 36.8 Å². The van der Waals surface area contributed by atoms with Crippen LogP contribution in [0.3, 0.4) is 0 Å². The zero-order valence-corrected chi connectivity index (χ0v) is 11.2. The summed E-state index contributed by atoms with van der Waals surface area (Å²) < 4.78 is 0. The fraction of sp³-hybridized carbons (Fsp3) is 0.800. The maximum atomic E-state index is 10.7. The van der Waals surface area contributed by atoms with E-state index in [2.05, 4.69) is 0 Å². The van der Waals surface area contributed by atoms with Gasteiger partial charge in [-0.1, -0.05) is 12.8 Å². The summed E-state index contributed by atoms with van der Waals surface area (Å²) in [6.07, 6.45) is 2.95. The fourth-order valence-electron chi connectivity index (χ4n) is 1.13. The second kappa shape index (κ2) is 9.73. The van der Waals surface area contributed by atoms with Crippen LogP contribution in [0.15, 0.2) is 0 Å². The van der Waals surface area contributed by atoms with Gasteiger partial charge in [0.2, 0.25) is 0 Å². The van der Waals surface area contributed by atoms with Crippen LogP contribution in [-0.4, -0.2) is 22.2 Å². The van der Waals surface area contributed by atoms with Gasteiger partial charge in [0.25, 0.3) is 0 Å². The van der Waals surface area contributed by atoms with E-state index in [1.165, 1.54) is 0 Å². The molecule has 4 nitrogen and oxygen atoms in total. The molecule has 0 spiro atoms. The summed E-state index contributed by atoms with van der Waals surface area (Å²) in [5.41, 5.74) is -0.691. The Labute approximate surface area is 108 Å². The first kappa shape index (κ1) is 20.9. The number of rotatable bonds is 7. The highest BCUT2D eigenvalue weighted by Gasteiger charge is 2.25. The number of halogens is 2. The largest absolute Gasteiger partial charge is 0.481 e. The molecule has 98 valence electrons. The summed E-state index contributed by atoms with van der Waals surface area (Å²) in [6, 6.07) is 0. The molecule has 0 fully saturated rings. The Morgan fingerprint density at radius 2 is 1.50 bits per heavy atom. The standard InChI is InChI=1S/C10H18O4.2ClH/c1-10(2,9(13)14)7-5-3-4-6-8(11)12;;/h3-7H2,1-2H3,(H,11,12)(H,13,14);2*1H. The lowest BCUT2D eigenvalue weighted by molar-refractivity contribution is -0.147. The average molecular weight is 275 g/mol. The lowest BCUT2D eigenvalue weighted by Crippen LogP contribution is -2.23. The van der Waals surface area contributed by atoms with Crippen LogP contribution in [0.5, 0.6) is 0 Å². The highest BCUT2D eigenvalue weighted by atomic mass is 35.5. The number of carbonyl (C=O) groups is 2. The topological polar surface area (TPSA) is 74.6 Å². The summed E-state index contributed by atoms with van der Waals surface area (Å²) in [6.45, 7) is 3.37. The van der Waals surface area contributed by atoms with Crippen molar-refractivity contribution in [3.8, 4) is 0 Å². The van der Waals surface area contributed by atoms with E-state index < -0.39 is 17.4 Å². The lowest BCUT2D eigenvalue weighted by atomic mass is 9.87. The SMILES string of the molecule is CC(C)(CCCCCC(=O)O)C(=O)O.Cl.Cl. The molecule has 2 N–H and O–H groups in total. The van der Waals surface area contributed by atoms with Crippen molar-refractivity contribution in [1.29, 1.82) is 0 Å². The minimum Gasteiger partial charge on any atom is -0.481 e. The van der Waals surface area contributed by atoms with Gasteiger partial charge in [0.15, 0.2) is 0 Å². The van der Waals surface area contributed by atoms with Gasteiger partial charge in [-0.2, -0.15) is 0 Å². The summed E-state index contributed by atoms with van der Waals surface area (Å²) in [7, 11) is 0. The first-order chi connectivity index (χ1) is 6.36. The Morgan fingerprint density at radius 1 is 1.00 bits per heavy atom. The first-order valence-electron chi connectivity index (χ1n) is 4.81. The third-order valence-corrected chi connectivity index (χ3v) is 2.27. The molecule has 6 heteroatoms. The van der Waals surface area contributed by atoms with E-state index in [4.69, 9.17) is 10.2 Å². The molecule has 0 rings (SSSR count). The Bertz CT molecular complexity index is 217. The number of aliphatic carboxylic acids is 2. The van der Waals surface area contributed by atoms with E-state index in [0.29, 0.717) is 12.8 Å². The van der Waals surface area contributed by atoms with Crippen LogP contribution in [0, 0.1) is 5.41 Å². The van der Waals surface area contributed by atoms with E-state index in [9.17, 15) is 9.59 Å². The molecule has 0 aromatic heterocycles. The van der Waals surface area contributed by atoms with E-state index in [1.54, 1.807) is 13.8 Å². The molecule has 0 saturated heterocycles. The average Bonchev–Trinajstić information content (AvgIpc) is 2.02. The van der Waals surface area contributed by atoms with Crippen molar-refractivity contribution in [1.82, 2.24) is 0 Å². The zero-order valence-electron chi connectivity index (χ0n) is 9.56. The highest BCUT2D eigenvalue weighted by molar-refractivity contribution is 5.85. The molecular weight excluding hydrogens is 255 g/mol. The lowest BCUT2D eigenvalue weighted by Gasteiger charge is -2.18. The molecule has 16 heavy (non-hydrogen) atoms. The number of hydrogen-bond donors (Lipinski definition) is 2. The third-order valence-electron chi connectivity index (χ3n) is 2.27. The maximum Gasteiger partial charge on any atom is 0.309 e. The minimum atomic E-state index is -0.796. The Balaban J connectivity index is -0.000000845. The van der Waals surface area contributed by atoms with Crippen LogP contribution in [0.1, 0.15) is 46.0 Å². The second-order valence-corrected chi connectivity index (χ2v) is 4.14. The van der Waals surface area contributed by atoms with Crippen molar-refractivity contribution in [2.24, 2.45) is 5.41 Å². The van der Waals surface area contributed by atoms with Gasteiger partial charge >= 0.3 is 11.9 Å². The molecule has 0 aliphatic rings. The Hall–Kier alpha value is -0.480. The molecule has 0 aliphatic heterocycles. The molecule has 0 radical (unpaired) electrons.